The Morgan fingerprint density at radius 3 is 1.52 bits per heavy atom. The number of rotatable bonds is 20. The number of ketones is 1. The summed E-state index contributed by atoms with van der Waals surface area (Å²) in [5, 5.41) is 0. The van der Waals surface area contributed by atoms with Crippen LogP contribution in [0.1, 0.15) is 110 Å². The second-order valence-corrected chi connectivity index (χ2v) is 7.38. The van der Waals surface area contributed by atoms with Crippen molar-refractivity contribution in [3.8, 4) is 0 Å². The fourth-order valence-corrected chi connectivity index (χ4v) is 3.08. The Morgan fingerprint density at radius 2 is 1.04 bits per heavy atom. The SMILES string of the molecule is CCCCCC/C=C/CCCCCCCCCCC/C=C/C(=O)/C=C/C=O. The van der Waals surface area contributed by atoms with Crippen LogP contribution in [0.25, 0.3) is 0 Å². The average molecular weight is 375 g/mol. The highest BCUT2D eigenvalue weighted by Gasteiger charge is 1.93. The van der Waals surface area contributed by atoms with Gasteiger partial charge in [-0.05, 0) is 56.8 Å². The molecule has 0 heterocycles. The molecule has 0 amide bonds. The number of carbonyl (C=O) groups is 2. The van der Waals surface area contributed by atoms with E-state index in [4.69, 9.17) is 0 Å². The maximum absolute atomic E-state index is 11.2. The second kappa shape index (κ2) is 22.6. The maximum atomic E-state index is 11.2. The number of carbonyl (C=O) groups excluding carboxylic acids is 2. The standard InChI is InChI=1S/C25H42O2/c1-2-3-4-5-6-7-8-9-10-11-12-13-14-15-16-17-18-19-20-22-25(27)23-21-24-26/h7-8,20-24H,2-6,9-19H2,1H3/b8-7+,22-20+,23-21+. The zero-order chi connectivity index (χ0) is 19.8. The van der Waals surface area contributed by atoms with E-state index in [2.05, 4.69) is 19.1 Å². The molecule has 0 N–H and O–H groups in total. The summed E-state index contributed by atoms with van der Waals surface area (Å²) < 4.78 is 0. The van der Waals surface area contributed by atoms with Crippen molar-refractivity contribution >= 4 is 12.1 Å². The molecule has 0 unspecified atom stereocenters. The summed E-state index contributed by atoms with van der Waals surface area (Å²) in [6.45, 7) is 2.26. The van der Waals surface area contributed by atoms with Gasteiger partial charge in [0.25, 0.3) is 0 Å². The third-order valence-electron chi connectivity index (χ3n) is 4.75. The largest absolute Gasteiger partial charge is 0.299 e. The topological polar surface area (TPSA) is 34.1 Å². The molecule has 0 aliphatic heterocycles. The van der Waals surface area contributed by atoms with Crippen LogP contribution in [0, 0.1) is 0 Å². The number of aldehydes is 1. The molecule has 0 aromatic carbocycles. The van der Waals surface area contributed by atoms with Crippen LogP contribution >= 0.6 is 0 Å². The van der Waals surface area contributed by atoms with Crippen LogP contribution in [0.2, 0.25) is 0 Å². The first-order valence-electron chi connectivity index (χ1n) is 11.3. The molecule has 0 atom stereocenters. The van der Waals surface area contributed by atoms with Gasteiger partial charge in [0.15, 0.2) is 5.78 Å². The Balaban J connectivity index is 3.22. The summed E-state index contributed by atoms with van der Waals surface area (Å²) >= 11 is 0. The van der Waals surface area contributed by atoms with Crippen molar-refractivity contribution in [2.45, 2.75) is 110 Å². The highest BCUT2D eigenvalue weighted by molar-refractivity contribution is 6.00. The molecule has 0 aliphatic rings. The molecule has 0 radical (unpaired) electrons. The van der Waals surface area contributed by atoms with Crippen LogP contribution in [0.3, 0.4) is 0 Å². The third-order valence-corrected chi connectivity index (χ3v) is 4.75. The molecular formula is C25H42O2. The van der Waals surface area contributed by atoms with E-state index < -0.39 is 0 Å². The minimum Gasteiger partial charge on any atom is -0.299 e. The van der Waals surface area contributed by atoms with Crippen molar-refractivity contribution in [1.82, 2.24) is 0 Å². The summed E-state index contributed by atoms with van der Waals surface area (Å²) in [5.74, 6) is -0.107. The lowest BCUT2D eigenvalue weighted by Crippen LogP contribution is -1.85. The van der Waals surface area contributed by atoms with Crippen molar-refractivity contribution in [2.24, 2.45) is 0 Å². The van der Waals surface area contributed by atoms with Crippen LogP contribution in [-0.4, -0.2) is 12.1 Å². The van der Waals surface area contributed by atoms with E-state index in [1.807, 2.05) is 6.08 Å². The number of unbranched alkanes of at least 4 members (excludes halogenated alkanes) is 14. The van der Waals surface area contributed by atoms with Gasteiger partial charge >= 0.3 is 0 Å². The molecule has 0 aliphatic carbocycles. The molecule has 0 saturated heterocycles. The fraction of sp³-hybridized carbons (Fsp3) is 0.680. The summed E-state index contributed by atoms with van der Waals surface area (Å²) in [5.41, 5.74) is 0. The summed E-state index contributed by atoms with van der Waals surface area (Å²) in [4.78, 5) is 21.3. The van der Waals surface area contributed by atoms with Crippen LogP contribution in [0.15, 0.2) is 36.5 Å². The molecule has 0 aromatic rings. The molecule has 27 heavy (non-hydrogen) atoms. The molecule has 0 rings (SSSR count). The van der Waals surface area contributed by atoms with Gasteiger partial charge in [0.05, 0.1) is 0 Å². The van der Waals surface area contributed by atoms with Crippen molar-refractivity contribution in [2.75, 3.05) is 0 Å². The molecular weight excluding hydrogens is 332 g/mol. The molecule has 2 heteroatoms. The predicted octanol–water partition coefficient (Wildman–Crippen LogP) is 7.68. The van der Waals surface area contributed by atoms with E-state index in [1.54, 1.807) is 6.08 Å². The van der Waals surface area contributed by atoms with Gasteiger partial charge in [0.2, 0.25) is 0 Å². The lowest BCUT2D eigenvalue weighted by molar-refractivity contribution is -0.111. The second-order valence-electron chi connectivity index (χ2n) is 7.38. The van der Waals surface area contributed by atoms with Crippen LogP contribution in [0.4, 0.5) is 0 Å². The first-order chi connectivity index (χ1) is 13.3. The molecule has 0 fully saturated rings. The minimum atomic E-state index is -0.107. The normalized spacial score (nSPS) is 11.9. The Morgan fingerprint density at radius 1 is 0.593 bits per heavy atom. The van der Waals surface area contributed by atoms with Crippen LogP contribution in [-0.2, 0) is 9.59 Å². The van der Waals surface area contributed by atoms with Gasteiger partial charge < -0.3 is 0 Å². The molecule has 2 nitrogen and oxygen atoms in total. The van der Waals surface area contributed by atoms with Crippen molar-refractivity contribution in [3.05, 3.63) is 36.5 Å². The number of hydrogen-bond donors (Lipinski definition) is 0. The van der Waals surface area contributed by atoms with Gasteiger partial charge in [-0.25, -0.2) is 0 Å². The molecule has 0 spiro atoms. The van der Waals surface area contributed by atoms with Gasteiger partial charge in [-0.2, -0.15) is 0 Å². The Hall–Kier alpha value is -1.44. The van der Waals surface area contributed by atoms with Crippen molar-refractivity contribution in [3.63, 3.8) is 0 Å². The average Bonchev–Trinajstić information content (AvgIpc) is 2.68. The Labute approximate surface area is 168 Å². The van der Waals surface area contributed by atoms with Gasteiger partial charge in [-0.1, -0.05) is 89.4 Å². The van der Waals surface area contributed by atoms with E-state index >= 15 is 0 Å². The summed E-state index contributed by atoms with van der Waals surface area (Å²) in [6.07, 6.45) is 32.2. The molecule has 0 saturated carbocycles. The molecule has 0 bridgehead atoms. The minimum absolute atomic E-state index is 0.107. The Bertz CT molecular complexity index is 418. The number of allylic oxidation sites excluding steroid dienone is 6. The van der Waals surface area contributed by atoms with Gasteiger partial charge in [0, 0.05) is 0 Å². The van der Waals surface area contributed by atoms with Crippen molar-refractivity contribution < 1.29 is 9.59 Å². The first-order valence-corrected chi connectivity index (χ1v) is 11.3. The lowest BCUT2D eigenvalue weighted by atomic mass is 10.1. The van der Waals surface area contributed by atoms with Gasteiger partial charge in [0.1, 0.15) is 6.29 Å². The molecule has 154 valence electrons. The quantitative estimate of drug-likeness (QED) is 0.0947. The predicted molar refractivity (Wildman–Crippen MR) is 118 cm³/mol. The third kappa shape index (κ3) is 22.5. The van der Waals surface area contributed by atoms with E-state index in [9.17, 15) is 9.59 Å². The maximum Gasteiger partial charge on any atom is 0.178 e. The monoisotopic (exact) mass is 374 g/mol. The fourth-order valence-electron chi connectivity index (χ4n) is 3.08. The smallest absolute Gasteiger partial charge is 0.178 e. The van der Waals surface area contributed by atoms with Crippen LogP contribution in [0.5, 0.6) is 0 Å². The van der Waals surface area contributed by atoms with Gasteiger partial charge in [-0.3, -0.25) is 9.59 Å². The zero-order valence-electron chi connectivity index (χ0n) is 17.7. The zero-order valence-corrected chi connectivity index (χ0v) is 17.7. The van der Waals surface area contributed by atoms with E-state index in [1.165, 1.54) is 102 Å². The summed E-state index contributed by atoms with van der Waals surface area (Å²) in [6, 6.07) is 0. The first kappa shape index (κ1) is 25.6. The van der Waals surface area contributed by atoms with Crippen LogP contribution < -0.4 is 0 Å². The van der Waals surface area contributed by atoms with E-state index in [0.29, 0.717) is 6.29 Å². The van der Waals surface area contributed by atoms with Gasteiger partial charge in [-0.15, -0.1) is 0 Å². The number of hydrogen-bond acceptors (Lipinski definition) is 2. The Kier molecular flexibility index (Phi) is 21.4. The highest BCUT2D eigenvalue weighted by Crippen LogP contribution is 2.12. The highest BCUT2D eigenvalue weighted by atomic mass is 16.1. The summed E-state index contributed by atoms with van der Waals surface area (Å²) in [7, 11) is 0. The lowest BCUT2D eigenvalue weighted by Gasteiger charge is -2.01. The van der Waals surface area contributed by atoms with E-state index in [0.717, 1.165) is 12.8 Å². The molecule has 0 aromatic heterocycles. The van der Waals surface area contributed by atoms with E-state index in [-0.39, 0.29) is 5.78 Å². The van der Waals surface area contributed by atoms with Crippen molar-refractivity contribution in [1.29, 1.82) is 0 Å².